The molecule has 0 aliphatic carbocycles. The van der Waals surface area contributed by atoms with Crippen molar-refractivity contribution in [2.24, 2.45) is 5.92 Å². The van der Waals surface area contributed by atoms with Crippen LogP contribution in [0.25, 0.3) is 0 Å². The van der Waals surface area contributed by atoms with Crippen molar-refractivity contribution < 1.29 is 4.79 Å². The first-order valence-corrected chi connectivity index (χ1v) is 6.48. The predicted molar refractivity (Wildman–Crippen MR) is 66.4 cm³/mol. The number of thiophene rings is 1. The Balaban J connectivity index is 2.17. The van der Waals surface area contributed by atoms with Gasteiger partial charge in [-0.2, -0.15) is 0 Å². The van der Waals surface area contributed by atoms with Crippen LogP contribution in [0.4, 0.5) is 0 Å². The smallest absolute Gasteiger partial charge is 0.238 e. The SMILES string of the molecule is Cc1ccc(C2NCC(=O)N2CC(C)C)s1. The Labute approximate surface area is 100 Å². The van der Waals surface area contributed by atoms with E-state index >= 15 is 0 Å². The first-order valence-electron chi connectivity index (χ1n) is 5.67. The van der Waals surface area contributed by atoms with Crippen LogP contribution < -0.4 is 5.32 Å². The maximum Gasteiger partial charge on any atom is 0.238 e. The maximum absolute atomic E-state index is 11.8. The predicted octanol–water partition coefficient (Wildman–Crippen LogP) is 2.14. The van der Waals surface area contributed by atoms with E-state index in [2.05, 4.69) is 38.2 Å². The zero-order valence-electron chi connectivity index (χ0n) is 9.99. The third kappa shape index (κ3) is 2.28. The molecule has 1 N–H and O–H groups in total. The molecule has 1 fully saturated rings. The lowest BCUT2D eigenvalue weighted by molar-refractivity contribution is -0.128. The molecule has 16 heavy (non-hydrogen) atoms. The quantitative estimate of drug-likeness (QED) is 0.875. The summed E-state index contributed by atoms with van der Waals surface area (Å²) in [6, 6.07) is 4.22. The molecule has 0 radical (unpaired) electrons. The number of amides is 1. The van der Waals surface area contributed by atoms with Crippen molar-refractivity contribution in [1.82, 2.24) is 10.2 Å². The average Bonchev–Trinajstić information content (AvgIpc) is 2.75. The number of rotatable bonds is 3. The lowest BCUT2D eigenvalue weighted by Crippen LogP contribution is -2.32. The van der Waals surface area contributed by atoms with Gasteiger partial charge in [-0.25, -0.2) is 0 Å². The average molecular weight is 238 g/mol. The van der Waals surface area contributed by atoms with E-state index in [0.717, 1.165) is 6.54 Å². The van der Waals surface area contributed by atoms with Gasteiger partial charge in [-0.3, -0.25) is 10.1 Å². The fraction of sp³-hybridized carbons (Fsp3) is 0.583. The van der Waals surface area contributed by atoms with E-state index in [4.69, 9.17) is 0 Å². The van der Waals surface area contributed by atoms with Gasteiger partial charge < -0.3 is 4.90 Å². The molecular weight excluding hydrogens is 220 g/mol. The van der Waals surface area contributed by atoms with Gasteiger partial charge in [0.05, 0.1) is 6.54 Å². The van der Waals surface area contributed by atoms with Crippen molar-refractivity contribution in [2.45, 2.75) is 26.9 Å². The zero-order valence-corrected chi connectivity index (χ0v) is 10.8. The van der Waals surface area contributed by atoms with E-state index in [1.54, 1.807) is 11.3 Å². The molecule has 88 valence electrons. The number of carbonyl (C=O) groups excluding carboxylic acids is 1. The third-order valence-electron chi connectivity index (χ3n) is 2.67. The summed E-state index contributed by atoms with van der Waals surface area (Å²) in [5.41, 5.74) is 0. The van der Waals surface area contributed by atoms with Crippen LogP contribution in [0, 0.1) is 12.8 Å². The lowest BCUT2D eigenvalue weighted by Gasteiger charge is -2.25. The van der Waals surface area contributed by atoms with Crippen molar-refractivity contribution in [2.75, 3.05) is 13.1 Å². The second-order valence-corrected chi connectivity index (χ2v) is 5.99. The Morgan fingerprint density at radius 3 is 2.88 bits per heavy atom. The van der Waals surface area contributed by atoms with Gasteiger partial charge in [0.1, 0.15) is 6.17 Å². The van der Waals surface area contributed by atoms with E-state index in [1.165, 1.54) is 9.75 Å². The number of nitrogens with one attached hydrogen (secondary N) is 1. The summed E-state index contributed by atoms with van der Waals surface area (Å²) in [5, 5.41) is 3.28. The molecular formula is C12H18N2OS. The number of aryl methyl sites for hydroxylation is 1. The zero-order chi connectivity index (χ0) is 11.7. The summed E-state index contributed by atoms with van der Waals surface area (Å²) in [6.45, 7) is 7.67. The standard InChI is InChI=1S/C12H18N2OS/c1-8(2)7-14-11(15)6-13-12(14)10-5-4-9(3)16-10/h4-5,8,12-13H,6-7H2,1-3H3. The fourth-order valence-corrected chi connectivity index (χ4v) is 2.96. The van der Waals surface area contributed by atoms with Crippen LogP contribution in [0.1, 0.15) is 29.8 Å². The van der Waals surface area contributed by atoms with Crippen molar-refractivity contribution >= 4 is 17.2 Å². The molecule has 1 amide bonds. The van der Waals surface area contributed by atoms with Crippen LogP contribution in [0.2, 0.25) is 0 Å². The molecule has 1 aromatic rings. The molecule has 1 aliphatic rings. The Hall–Kier alpha value is -0.870. The molecule has 2 rings (SSSR count). The van der Waals surface area contributed by atoms with Gasteiger partial charge in [0.15, 0.2) is 0 Å². The van der Waals surface area contributed by atoms with E-state index < -0.39 is 0 Å². The van der Waals surface area contributed by atoms with Crippen molar-refractivity contribution in [3.8, 4) is 0 Å². The summed E-state index contributed by atoms with van der Waals surface area (Å²) >= 11 is 1.76. The largest absolute Gasteiger partial charge is 0.321 e. The second-order valence-electron chi connectivity index (χ2n) is 4.67. The first kappa shape index (κ1) is 11.6. The second kappa shape index (κ2) is 4.55. The Bertz CT molecular complexity index is 386. The highest BCUT2D eigenvalue weighted by Crippen LogP contribution is 2.28. The molecule has 1 aliphatic heterocycles. The summed E-state index contributed by atoms with van der Waals surface area (Å²) in [6.07, 6.45) is 0.0913. The minimum Gasteiger partial charge on any atom is -0.321 e. The van der Waals surface area contributed by atoms with Gasteiger partial charge in [0, 0.05) is 16.3 Å². The number of hydrogen-bond donors (Lipinski definition) is 1. The van der Waals surface area contributed by atoms with E-state index in [1.807, 2.05) is 4.90 Å². The van der Waals surface area contributed by atoms with Crippen LogP contribution in [-0.2, 0) is 4.79 Å². The minimum atomic E-state index is 0.0913. The van der Waals surface area contributed by atoms with Gasteiger partial charge >= 0.3 is 0 Å². The van der Waals surface area contributed by atoms with Gasteiger partial charge in [-0.05, 0) is 25.0 Å². The molecule has 4 heteroatoms. The highest BCUT2D eigenvalue weighted by molar-refractivity contribution is 7.12. The molecule has 0 saturated carbocycles. The van der Waals surface area contributed by atoms with Crippen LogP contribution in [0.5, 0.6) is 0 Å². The third-order valence-corrected chi connectivity index (χ3v) is 3.72. The monoisotopic (exact) mass is 238 g/mol. The van der Waals surface area contributed by atoms with Crippen LogP contribution >= 0.6 is 11.3 Å². The van der Waals surface area contributed by atoms with E-state index in [9.17, 15) is 4.79 Å². The van der Waals surface area contributed by atoms with Crippen molar-refractivity contribution in [1.29, 1.82) is 0 Å². The van der Waals surface area contributed by atoms with Crippen LogP contribution in [0.3, 0.4) is 0 Å². The molecule has 2 heterocycles. The molecule has 1 saturated heterocycles. The Morgan fingerprint density at radius 2 is 2.31 bits per heavy atom. The summed E-state index contributed by atoms with van der Waals surface area (Å²) in [5.74, 6) is 0.720. The fourth-order valence-electron chi connectivity index (χ4n) is 1.99. The molecule has 1 unspecified atom stereocenters. The van der Waals surface area contributed by atoms with Gasteiger partial charge in [-0.1, -0.05) is 13.8 Å². The Kier molecular flexibility index (Phi) is 3.30. The number of hydrogen-bond acceptors (Lipinski definition) is 3. The van der Waals surface area contributed by atoms with Crippen molar-refractivity contribution in [3.63, 3.8) is 0 Å². The molecule has 1 atom stereocenters. The van der Waals surface area contributed by atoms with Crippen molar-refractivity contribution in [3.05, 3.63) is 21.9 Å². The van der Waals surface area contributed by atoms with Crippen LogP contribution in [0.15, 0.2) is 12.1 Å². The Morgan fingerprint density at radius 1 is 1.56 bits per heavy atom. The van der Waals surface area contributed by atoms with E-state index in [-0.39, 0.29) is 12.1 Å². The normalized spacial score (nSPS) is 21.1. The molecule has 0 aromatic carbocycles. The van der Waals surface area contributed by atoms with Gasteiger partial charge in [0.2, 0.25) is 5.91 Å². The molecule has 0 spiro atoms. The van der Waals surface area contributed by atoms with E-state index in [0.29, 0.717) is 12.5 Å². The van der Waals surface area contributed by atoms with Crippen LogP contribution in [-0.4, -0.2) is 23.9 Å². The highest BCUT2D eigenvalue weighted by atomic mass is 32.1. The topological polar surface area (TPSA) is 32.3 Å². The number of nitrogens with zero attached hydrogens (tertiary/aromatic N) is 1. The number of carbonyl (C=O) groups is 1. The highest BCUT2D eigenvalue weighted by Gasteiger charge is 2.32. The lowest BCUT2D eigenvalue weighted by atomic mass is 10.2. The van der Waals surface area contributed by atoms with Gasteiger partial charge in [0.25, 0.3) is 0 Å². The minimum absolute atomic E-state index is 0.0913. The summed E-state index contributed by atoms with van der Waals surface area (Å²) < 4.78 is 0. The summed E-state index contributed by atoms with van der Waals surface area (Å²) in [4.78, 5) is 16.3. The first-order chi connectivity index (χ1) is 7.58. The molecule has 0 bridgehead atoms. The summed E-state index contributed by atoms with van der Waals surface area (Å²) in [7, 11) is 0. The molecule has 1 aromatic heterocycles. The maximum atomic E-state index is 11.8. The van der Waals surface area contributed by atoms with Gasteiger partial charge in [-0.15, -0.1) is 11.3 Å². The molecule has 3 nitrogen and oxygen atoms in total.